The molecule has 0 unspecified atom stereocenters. The van der Waals surface area contributed by atoms with Gasteiger partial charge in [0.2, 0.25) is 5.78 Å². The zero-order valence-electron chi connectivity index (χ0n) is 9.86. The molecule has 5 heteroatoms. The predicted octanol–water partition coefficient (Wildman–Crippen LogP) is 2.80. The minimum absolute atomic E-state index is 0.167. The first-order valence-corrected chi connectivity index (χ1v) is 5.64. The summed E-state index contributed by atoms with van der Waals surface area (Å²) in [6, 6.07) is 2.89. The lowest BCUT2D eigenvalue weighted by molar-refractivity contribution is 0.102. The molecule has 0 aliphatic carbocycles. The fourth-order valence-corrected chi connectivity index (χ4v) is 1.73. The van der Waals surface area contributed by atoms with Gasteiger partial charge in [0.25, 0.3) is 0 Å². The van der Waals surface area contributed by atoms with Gasteiger partial charge in [-0.15, -0.1) is 0 Å². The van der Waals surface area contributed by atoms with E-state index in [1.165, 1.54) is 6.20 Å². The molecule has 0 saturated heterocycles. The molecule has 0 N–H and O–H groups in total. The molecular weight excluding hydrogens is 238 g/mol. The number of benzene rings is 1. The fraction of sp³-hybridized carbons (Fsp3) is 0.231. The molecule has 0 fully saturated rings. The lowest BCUT2D eigenvalue weighted by atomic mass is 10.1. The second kappa shape index (κ2) is 5.08. The summed E-state index contributed by atoms with van der Waals surface area (Å²) in [6.07, 6.45) is 3.99. The molecule has 0 amide bonds. The van der Waals surface area contributed by atoms with Crippen molar-refractivity contribution in [1.29, 1.82) is 0 Å². The van der Waals surface area contributed by atoms with Gasteiger partial charge in [-0.25, -0.2) is 13.8 Å². The first-order valence-electron chi connectivity index (χ1n) is 5.64. The van der Waals surface area contributed by atoms with Gasteiger partial charge in [0.1, 0.15) is 11.6 Å². The first kappa shape index (κ1) is 12.4. The van der Waals surface area contributed by atoms with Crippen molar-refractivity contribution >= 4 is 5.78 Å². The average molecular weight is 250 g/mol. The van der Waals surface area contributed by atoms with Gasteiger partial charge in [-0.05, 0) is 18.6 Å². The van der Waals surface area contributed by atoms with Crippen LogP contribution in [0, 0.1) is 11.6 Å². The molecular formula is C13H12F2N2O. The van der Waals surface area contributed by atoms with E-state index in [0.717, 1.165) is 18.6 Å². The van der Waals surface area contributed by atoms with Crippen molar-refractivity contribution in [1.82, 2.24) is 9.55 Å². The highest BCUT2D eigenvalue weighted by molar-refractivity contribution is 6.06. The van der Waals surface area contributed by atoms with E-state index in [4.69, 9.17) is 0 Å². The minimum atomic E-state index is -0.869. The molecule has 3 nitrogen and oxygen atoms in total. The van der Waals surface area contributed by atoms with E-state index in [1.807, 2.05) is 6.92 Å². The summed E-state index contributed by atoms with van der Waals surface area (Å²) < 4.78 is 28.0. The Bertz CT molecular complexity index is 578. The Morgan fingerprint density at radius 2 is 2.17 bits per heavy atom. The Hall–Kier alpha value is -2.04. The van der Waals surface area contributed by atoms with Crippen LogP contribution in [0.25, 0.3) is 0 Å². The van der Waals surface area contributed by atoms with E-state index < -0.39 is 17.4 Å². The van der Waals surface area contributed by atoms with Gasteiger partial charge in [0.05, 0.1) is 5.56 Å². The largest absolute Gasteiger partial charge is 0.328 e. The topological polar surface area (TPSA) is 34.9 Å². The molecule has 0 aliphatic heterocycles. The minimum Gasteiger partial charge on any atom is -0.328 e. The average Bonchev–Trinajstić information content (AvgIpc) is 2.77. The molecule has 0 aliphatic rings. The highest BCUT2D eigenvalue weighted by Crippen LogP contribution is 2.14. The number of hydrogen-bond donors (Lipinski definition) is 0. The monoisotopic (exact) mass is 250 g/mol. The quantitative estimate of drug-likeness (QED) is 0.782. The van der Waals surface area contributed by atoms with E-state index >= 15 is 0 Å². The van der Waals surface area contributed by atoms with E-state index in [9.17, 15) is 13.6 Å². The van der Waals surface area contributed by atoms with Crippen molar-refractivity contribution in [3.8, 4) is 0 Å². The lowest BCUT2D eigenvalue weighted by Crippen LogP contribution is -2.12. The number of rotatable bonds is 4. The Morgan fingerprint density at radius 1 is 1.39 bits per heavy atom. The summed E-state index contributed by atoms with van der Waals surface area (Å²) in [7, 11) is 0. The van der Waals surface area contributed by atoms with E-state index in [2.05, 4.69) is 4.98 Å². The number of hydrogen-bond acceptors (Lipinski definition) is 2. The molecule has 18 heavy (non-hydrogen) atoms. The van der Waals surface area contributed by atoms with E-state index in [1.54, 1.807) is 10.8 Å². The number of ketones is 1. The van der Waals surface area contributed by atoms with Gasteiger partial charge < -0.3 is 4.57 Å². The molecule has 1 heterocycles. The third-order valence-electron chi connectivity index (χ3n) is 2.56. The van der Waals surface area contributed by atoms with Gasteiger partial charge >= 0.3 is 0 Å². The second-order valence-electron chi connectivity index (χ2n) is 3.90. The van der Waals surface area contributed by atoms with Crippen molar-refractivity contribution in [3.05, 3.63) is 53.6 Å². The zero-order valence-corrected chi connectivity index (χ0v) is 9.86. The van der Waals surface area contributed by atoms with Crippen LogP contribution in [0.3, 0.4) is 0 Å². The normalized spacial score (nSPS) is 10.6. The first-order chi connectivity index (χ1) is 8.63. The number of halogens is 2. The van der Waals surface area contributed by atoms with Crippen LogP contribution in [-0.2, 0) is 6.54 Å². The molecule has 0 atom stereocenters. The zero-order chi connectivity index (χ0) is 13.1. The van der Waals surface area contributed by atoms with E-state index in [0.29, 0.717) is 12.6 Å². The SMILES string of the molecule is CCCn1ccnc1C(=O)c1ccc(F)cc1F. The molecule has 0 saturated carbocycles. The smallest absolute Gasteiger partial charge is 0.231 e. The van der Waals surface area contributed by atoms with Crippen molar-refractivity contribution < 1.29 is 13.6 Å². The van der Waals surface area contributed by atoms with Gasteiger partial charge in [0, 0.05) is 25.0 Å². The van der Waals surface area contributed by atoms with Crippen molar-refractivity contribution in [2.24, 2.45) is 0 Å². The summed E-state index contributed by atoms with van der Waals surface area (Å²) in [5, 5.41) is 0. The Kier molecular flexibility index (Phi) is 3.50. The maximum Gasteiger partial charge on any atom is 0.231 e. The Labute approximate surface area is 103 Å². The lowest BCUT2D eigenvalue weighted by Gasteiger charge is -2.06. The molecule has 1 aromatic carbocycles. The van der Waals surface area contributed by atoms with Gasteiger partial charge in [-0.1, -0.05) is 6.92 Å². The van der Waals surface area contributed by atoms with Crippen LogP contribution in [0.5, 0.6) is 0 Å². The summed E-state index contributed by atoms with van der Waals surface area (Å²) in [5.74, 6) is -1.94. The number of carbonyl (C=O) groups is 1. The number of aromatic nitrogens is 2. The standard InChI is InChI=1S/C13H12F2N2O/c1-2-6-17-7-5-16-13(17)12(18)10-4-3-9(14)8-11(10)15/h3-5,7-8H,2,6H2,1H3. The maximum absolute atomic E-state index is 13.5. The molecule has 0 bridgehead atoms. The number of imidazole rings is 1. The number of nitrogens with zero attached hydrogens (tertiary/aromatic N) is 2. The third kappa shape index (κ3) is 2.30. The Balaban J connectivity index is 2.38. The molecule has 2 aromatic rings. The highest BCUT2D eigenvalue weighted by Gasteiger charge is 2.18. The summed E-state index contributed by atoms with van der Waals surface area (Å²) in [4.78, 5) is 16.0. The maximum atomic E-state index is 13.5. The number of aryl methyl sites for hydroxylation is 1. The van der Waals surface area contributed by atoms with Crippen molar-refractivity contribution in [2.45, 2.75) is 19.9 Å². The molecule has 94 valence electrons. The molecule has 0 spiro atoms. The van der Waals surface area contributed by atoms with Crippen molar-refractivity contribution in [3.63, 3.8) is 0 Å². The van der Waals surface area contributed by atoms with Gasteiger partial charge in [-0.3, -0.25) is 4.79 Å². The van der Waals surface area contributed by atoms with Crippen LogP contribution in [0.4, 0.5) is 8.78 Å². The molecule has 2 rings (SSSR count). The third-order valence-corrected chi connectivity index (χ3v) is 2.56. The van der Waals surface area contributed by atoms with Crippen LogP contribution in [0.15, 0.2) is 30.6 Å². The summed E-state index contributed by atoms with van der Waals surface area (Å²) in [6.45, 7) is 2.59. The molecule has 0 radical (unpaired) electrons. The summed E-state index contributed by atoms with van der Waals surface area (Å²) in [5.41, 5.74) is -0.167. The van der Waals surface area contributed by atoms with Crippen LogP contribution in [0.1, 0.15) is 29.5 Å². The Morgan fingerprint density at radius 3 is 2.83 bits per heavy atom. The van der Waals surface area contributed by atoms with Crippen LogP contribution in [0.2, 0.25) is 0 Å². The van der Waals surface area contributed by atoms with Gasteiger partial charge in [-0.2, -0.15) is 0 Å². The van der Waals surface area contributed by atoms with Crippen LogP contribution < -0.4 is 0 Å². The second-order valence-corrected chi connectivity index (χ2v) is 3.90. The highest BCUT2D eigenvalue weighted by atomic mass is 19.1. The fourth-order valence-electron chi connectivity index (χ4n) is 1.73. The molecule has 1 aromatic heterocycles. The van der Waals surface area contributed by atoms with Crippen molar-refractivity contribution in [2.75, 3.05) is 0 Å². The summed E-state index contributed by atoms with van der Waals surface area (Å²) >= 11 is 0. The number of carbonyl (C=O) groups excluding carboxylic acids is 1. The van der Waals surface area contributed by atoms with Gasteiger partial charge in [0.15, 0.2) is 5.82 Å². The van der Waals surface area contributed by atoms with E-state index in [-0.39, 0.29) is 11.4 Å². The van der Waals surface area contributed by atoms with Crippen LogP contribution >= 0.6 is 0 Å². The predicted molar refractivity (Wildman–Crippen MR) is 62.3 cm³/mol. The van der Waals surface area contributed by atoms with Crippen LogP contribution in [-0.4, -0.2) is 15.3 Å².